The maximum Gasteiger partial charge on any atom is 0.230 e. The zero-order valence-electron chi connectivity index (χ0n) is 11.3. The van der Waals surface area contributed by atoms with Gasteiger partial charge in [0.2, 0.25) is 11.8 Å². The van der Waals surface area contributed by atoms with Crippen LogP contribution in [0.4, 0.5) is 0 Å². The highest BCUT2D eigenvalue weighted by molar-refractivity contribution is 5.98. The molecule has 1 aliphatic heterocycles. The first kappa shape index (κ1) is 13.5. The monoisotopic (exact) mass is 253 g/mol. The van der Waals surface area contributed by atoms with E-state index < -0.39 is 6.10 Å². The number of amides is 2. The van der Waals surface area contributed by atoms with Crippen molar-refractivity contribution in [3.63, 3.8) is 0 Å². The Morgan fingerprint density at radius 3 is 2.22 bits per heavy atom. The van der Waals surface area contributed by atoms with E-state index in [-0.39, 0.29) is 23.3 Å². The molecule has 1 saturated heterocycles. The van der Waals surface area contributed by atoms with Gasteiger partial charge in [-0.15, -0.1) is 0 Å². The Morgan fingerprint density at radius 2 is 1.61 bits per heavy atom. The molecule has 1 N–H and O–H groups in total. The summed E-state index contributed by atoms with van der Waals surface area (Å²) >= 11 is 0. The van der Waals surface area contributed by atoms with Crippen LogP contribution in [-0.2, 0) is 9.59 Å². The third-order valence-electron chi connectivity index (χ3n) is 4.07. The highest BCUT2D eigenvalue weighted by atomic mass is 16.3. The van der Waals surface area contributed by atoms with E-state index in [0.29, 0.717) is 19.3 Å². The molecule has 0 aromatic heterocycles. The average Bonchev–Trinajstić information content (AvgIpc) is 2.41. The SMILES string of the molecule is CC1(C)CC(=O)N(C2CCCCCC2O)C(=O)C1. The lowest BCUT2D eigenvalue weighted by atomic mass is 9.81. The number of hydrogen-bond donors (Lipinski definition) is 1. The second-order valence-corrected chi connectivity index (χ2v) is 6.45. The lowest BCUT2D eigenvalue weighted by Gasteiger charge is -2.40. The molecule has 4 heteroatoms. The summed E-state index contributed by atoms with van der Waals surface area (Å²) in [7, 11) is 0. The van der Waals surface area contributed by atoms with Gasteiger partial charge in [-0.2, -0.15) is 0 Å². The van der Waals surface area contributed by atoms with Gasteiger partial charge in [0.1, 0.15) is 0 Å². The number of aliphatic hydroxyl groups excluding tert-OH is 1. The van der Waals surface area contributed by atoms with Crippen LogP contribution in [0.3, 0.4) is 0 Å². The maximum absolute atomic E-state index is 12.2. The highest BCUT2D eigenvalue weighted by Crippen LogP contribution is 2.34. The van der Waals surface area contributed by atoms with Gasteiger partial charge in [0, 0.05) is 12.8 Å². The Balaban J connectivity index is 2.16. The van der Waals surface area contributed by atoms with Gasteiger partial charge >= 0.3 is 0 Å². The summed E-state index contributed by atoms with van der Waals surface area (Å²) in [5.41, 5.74) is -0.236. The smallest absolute Gasteiger partial charge is 0.230 e. The summed E-state index contributed by atoms with van der Waals surface area (Å²) in [5.74, 6) is -0.218. The number of nitrogens with zero attached hydrogens (tertiary/aromatic N) is 1. The van der Waals surface area contributed by atoms with Crippen LogP contribution in [0.15, 0.2) is 0 Å². The second kappa shape index (κ2) is 5.00. The molecule has 2 aliphatic rings. The van der Waals surface area contributed by atoms with E-state index >= 15 is 0 Å². The fraction of sp³-hybridized carbons (Fsp3) is 0.857. The molecule has 1 heterocycles. The minimum Gasteiger partial charge on any atom is -0.391 e. The third kappa shape index (κ3) is 2.74. The quantitative estimate of drug-likeness (QED) is 0.573. The topological polar surface area (TPSA) is 57.6 Å². The normalized spacial score (nSPS) is 33.4. The zero-order chi connectivity index (χ0) is 13.3. The number of likely N-dealkylation sites (tertiary alicyclic amines) is 1. The number of carbonyl (C=O) groups excluding carboxylic acids is 2. The standard InChI is InChI=1S/C14H23NO3/c1-14(2)8-12(17)15(13(18)9-14)10-6-4-3-5-7-11(10)16/h10-11,16H,3-9H2,1-2H3. The number of imide groups is 1. The maximum atomic E-state index is 12.2. The van der Waals surface area contributed by atoms with Gasteiger partial charge in [-0.25, -0.2) is 0 Å². The molecule has 18 heavy (non-hydrogen) atoms. The van der Waals surface area contributed by atoms with Crippen molar-refractivity contribution < 1.29 is 14.7 Å². The van der Waals surface area contributed by atoms with E-state index in [1.807, 2.05) is 13.8 Å². The molecule has 0 aromatic rings. The zero-order valence-corrected chi connectivity index (χ0v) is 11.3. The lowest BCUT2D eigenvalue weighted by molar-refractivity contribution is -0.158. The molecule has 0 radical (unpaired) electrons. The van der Waals surface area contributed by atoms with Crippen LogP contribution >= 0.6 is 0 Å². The first-order valence-electron chi connectivity index (χ1n) is 6.94. The summed E-state index contributed by atoms with van der Waals surface area (Å²) in [5, 5.41) is 10.1. The molecule has 2 unspecified atom stereocenters. The van der Waals surface area contributed by atoms with Crippen LogP contribution in [-0.4, -0.2) is 34.0 Å². The Labute approximate surface area is 108 Å². The molecule has 0 bridgehead atoms. The molecule has 0 aromatic carbocycles. The van der Waals surface area contributed by atoms with Gasteiger partial charge in [0.05, 0.1) is 12.1 Å². The van der Waals surface area contributed by atoms with Crippen molar-refractivity contribution in [2.45, 2.75) is 70.9 Å². The van der Waals surface area contributed by atoms with E-state index in [1.165, 1.54) is 4.90 Å². The van der Waals surface area contributed by atoms with Crippen molar-refractivity contribution in [1.29, 1.82) is 0 Å². The van der Waals surface area contributed by atoms with Gasteiger partial charge in [-0.05, 0) is 18.3 Å². The summed E-state index contributed by atoms with van der Waals surface area (Å²) in [4.78, 5) is 25.7. The molecule has 1 aliphatic carbocycles. The van der Waals surface area contributed by atoms with E-state index in [9.17, 15) is 14.7 Å². The number of aliphatic hydroxyl groups is 1. The molecular formula is C14H23NO3. The van der Waals surface area contributed by atoms with E-state index in [2.05, 4.69) is 0 Å². The minimum absolute atomic E-state index is 0.109. The van der Waals surface area contributed by atoms with Crippen LogP contribution in [0.1, 0.15) is 58.8 Å². The Bertz CT molecular complexity index is 331. The number of piperidine rings is 1. The summed E-state index contributed by atoms with van der Waals surface area (Å²) in [6, 6.07) is -0.288. The van der Waals surface area contributed by atoms with Crippen molar-refractivity contribution in [1.82, 2.24) is 4.90 Å². The summed E-state index contributed by atoms with van der Waals surface area (Å²) < 4.78 is 0. The first-order valence-corrected chi connectivity index (χ1v) is 6.94. The van der Waals surface area contributed by atoms with Gasteiger partial charge in [0.15, 0.2) is 0 Å². The van der Waals surface area contributed by atoms with Crippen LogP contribution < -0.4 is 0 Å². The molecule has 0 spiro atoms. The van der Waals surface area contributed by atoms with Crippen molar-refractivity contribution >= 4 is 11.8 Å². The highest BCUT2D eigenvalue weighted by Gasteiger charge is 2.42. The molecule has 2 atom stereocenters. The molecular weight excluding hydrogens is 230 g/mol. The van der Waals surface area contributed by atoms with Crippen molar-refractivity contribution in [2.75, 3.05) is 0 Å². The predicted octanol–water partition coefficient (Wildman–Crippen LogP) is 1.86. The van der Waals surface area contributed by atoms with E-state index in [4.69, 9.17) is 0 Å². The average molecular weight is 253 g/mol. The number of carbonyl (C=O) groups is 2. The van der Waals surface area contributed by atoms with Gasteiger partial charge in [0.25, 0.3) is 0 Å². The lowest BCUT2D eigenvalue weighted by Crippen LogP contribution is -2.54. The molecule has 2 fully saturated rings. The van der Waals surface area contributed by atoms with Crippen LogP contribution in [0.2, 0.25) is 0 Å². The predicted molar refractivity (Wildman–Crippen MR) is 67.7 cm³/mol. The first-order chi connectivity index (χ1) is 8.41. The Kier molecular flexibility index (Phi) is 3.76. The summed E-state index contributed by atoms with van der Waals surface area (Å²) in [6.45, 7) is 3.90. The van der Waals surface area contributed by atoms with Gasteiger partial charge in [-0.3, -0.25) is 14.5 Å². The Hall–Kier alpha value is -0.900. The van der Waals surface area contributed by atoms with E-state index in [1.54, 1.807) is 0 Å². The fourth-order valence-electron chi connectivity index (χ4n) is 3.13. The van der Waals surface area contributed by atoms with E-state index in [0.717, 1.165) is 25.7 Å². The second-order valence-electron chi connectivity index (χ2n) is 6.45. The fourth-order valence-corrected chi connectivity index (χ4v) is 3.13. The molecule has 102 valence electrons. The van der Waals surface area contributed by atoms with Crippen molar-refractivity contribution in [3.8, 4) is 0 Å². The van der Waals surface area contributed by atoms with Gasteiger partial charge < -0.3 is 5.11 Å². The Morgan fingerprint density at radius 1 is 1.06 bits per heavy atom. The molecule has 4 nitrogen and oxygen atoms in total. The third-order valence-corrected chi connectivity index (χ3v) is 4.07. The van der Waals surface area contributed by atoms with Crippen LogP contribution in [0, 0.1) is 5.41 Å². The van der Waals surface area contributed by atoms with Crippen LogP contribution in [0.5, 0.6) is 0 Å². The largest absolute Gasteiger partial charge is 0.391 e. The van der Waals surface area contributed by atoms with Gasteiger partial charge in [-0.1, -0.05) is 33.1 Å². The molecule has 2 amide bonds. The van der Waals surface area contributed by atoms with Crippen LogP contribution in [0.25, 0.3) is 0 Å². The molecule has 1 saturated carbocycles. The number of rotatable bonds is 1. The van der Waals surface area contributed by atoms with Crippen molar-refractivity contribution in [3.05, 3.63) is 0 Å². The van der Waals surface area contributed by atoms with Crippen molar-refractivity contribution in [2.24, 2.45) is 5.41 Å². The minimum atomic E-state index is -0.540. The number of hydrogen-bond acceptors (Lipinski definition) is 3. The summed E-state index contributed by atoms with van der Waals surface area (Å²) in [6.07, 6.45) is 4.77. The molecule has 2 rings (SSSR count).